The van der Waals surface area contributed by atoms with E-state index in [4.69, 9.17) is 9.47 Å². The van der Waals surface area contributed by atoms with E-state index in [9.17, 15) is 9.59 Å². The summed E-state index contributed by atoms with van der Waals surface area (Å²) >= 11 is 1.44. The van der Waals surface area contributed by atoms with Gasteiger partial charge in [0.05, 0.1) is 32.2 Å². The lowest BCUT2D eigenvalue weighted by atomic mass is 10.1. The van der Waals surface area contributed by atoms with Crippen LogP contribution in [0.3, 0.4) is 0 Å². The highest BCUT2D eigenvalue weighted by atomic mass is 32.1. The van der Waals surface area contributed by atoms with Crippen LogP contribution in [0.1, 0.15) is 33.9 Å². The molecule has 9 nitrogen and oxygen atoms in total. The molecule has 2 aliphatic rings. The molecule has 2 amide bonds. The Morgan fingerprint density at radius 1 is 1.22 bits per heavy atom. The van der Waals surface area contributed by atoms with Crippen LogP contribution in [0, 0.1) is 5.92 Å². The number of hydrogen-bond acceptors (Lipinski definition) is 7. The maximum absolute atomic E-state index is 13.1. The van der Waals surface area contributed by atoms with Crippen LogP contribution in [0.25, 0.3) is 11.3 Å². The molecule has 5 rings (SSSR count). The van der Waals surface area contributed by atoms with Gasteiger partial charge in [-0.1, -0.05) is 11.3 Å². The van der Waals surface area contributed by atoms with E-state index < -0.39 is 0 Å². The number of aromatic nitrogens is 3. The number of thiazole rings is 1. The zero-order valence-electron chi connectivity index (χ0n) is 17.8. The van der Waals surface area contributed by atoms with Crippen molar-refractivity contribution in [3.05, 3.63) is 40.5 Å². The molecule has 3 heterocycles. The normalized spacial score (nSPS) is 15.2. The van der Waals surface area contributed by atoms with Gasteiger partial charge >= 0.3 is 0 Å². The summed E-state index contributed by atoms with van der Waals surface area (Å²) in [4.78, 5) is 32.5. The topological polar surface area (TPSA) is 109 Å². The molecule has 2 N–H and O–H groups in total. The molecule has 10 heteroatoms. The molecular formula is C22H23N5O4S. The lowest BCUT2D eigenvalue weighted by Gasteiger charge is -2.25. The molecule has 0 unspecified atom stereocenters. The minimum absolute atomic E-state index is 0.0435. The Balaban J connectivity index is 1.31. The standard InChI is InChI=1S/C22H23N5O4S/c1-30-13-5-6-18(31-2)14(9-13)16-10-17(26-25-16)21(29)27-8-7-15-19(11-27)32-22(23-15)24-20(28)12-3-4-12/h5-6,9-10,12H,3-4,7-8,11H2,1-2H3,(H,25,26)(H,23,24,28). The van der Waals surface area contributed by atoms with Gasteiger partial charge in [-0.05, 0) is 37.1 Å². The third-order valence-corrected chi connectivity index (χ3v) is 6.69. The van der Waals surface area contributed by atoms with Gasteiger partial charge in [0.15, 0.2) is 5.13 Å². The highest BCUT2D eigenvalue weighted by molar-refractivity contribution is 7.15. The van der Waals surface area contributed by atoms with Crippen LogP contribution in [-0.4, -0.2) is 52.7 Å². The van der Waals surface area contributed by atoms with Crippen molar-refractivity contribution in [1.29, 1.82) is 0 Å². The third kappa shape index (κ3) is 3.93. The number of anilines is 1. The largest absolute Gasteiger partial charge is 0.497 e. The molecule has 1 aliphatic carbocycles. The smallest absolute Gasteiger partial charge is 0.272 e. The van der Waals surface area contributed by atoms with E-state index >= 15 is 0 Å². The van der Waals surface area contributed by atoms with Gasteiger partial charge in [0.1, 0.15) is 17.2 Å². The van der Waals surface area contributed by atoms with Crippen molar-refractivity contribution >= 4 is 28.3 Å². The molecule has 3 aromatic rings. The second-order valence-electron chi connectivity index (χ2n) is 7.86. The van der Waals surface area contributed by atoms with Gasteiger partial charge in [-0.3, -0.25) is 14.7 Å². The molecule has 0 saturated heterocycles. The lowest BCUT2D eigenvalue weighted by molar-refractivity contribution is -0.117. The van der Waals surface area contributed by atoms with Crippen LogP contribution in [-0.2, 0) is 17.8 Å². The van der Waals surface area contributed by atoms with Crippen molar-refractivity contribution in [3.8, 4) is 22.8 Å². The molecular weight excluding hydrogens is 430 g/mol. The van der Waals surface area contributed by atoms with Gasteiger partial charge in [0.25, 0.3) is 5.91 Å². The average molecular weight is 454 g/mol. The second kappa shape index (κ2) is 8.27. The van der Waals surface area contributed by atoms with Gasteiger partial charge in [-0.15, -0.1) is 0 Å². The summed E-state index contributed by atoms with van der Waals surface area (Å²) in [6, 6.07) is 7.16. The zero-order chi connectivity index (χ0) is 22.2. The molecule has 1 saturated carbocycles. The van der Waals surface area contributed by atoms with Crippen molar-refractivity contribution in [2.24, 2.45) is 5.92 Å². The fourth-order valence-electron chi connectivity index (χ4n) is 3.73. The van der Waals surface area contributed by atoms with Crippen molar-refractivity contribution < 1.29 is 19.1 Å². The molecule has 1 fully saturated rings. The number of H-pyrrole nitrogens is 1. The summed E-state index contributed by atoms with van der Waals surface area (Å²) in [6.45, 7) is 1.02. The molecule has 0 bridgehead atoms. The highest BCUT2D eigenvalue weighted by Gasteiger charge is 2.31. The lowest BCUT2D eigenvalue weighted by Crippen LogP contribution is -2.35. The number of benzene rings is 1. The first kappa shape index (κ1) is 20.5. The van der Waals surface area contributed by atoms with Crippen LogP contribution < -0.4 is 14.8 Å². The summed E-state index contributed by atoms with van der Waals surface area (Å²) in [7, 11) is 3.18. The van der Waals surface area contributed by atoms with E-state index in [1.165, 1.54) is 11.3 Å². The third-order valence-electron chi connectivity index (χ3n) is 5.69. The van der Waals surface area contributed by atoms with Gasteiger partial charge in [-0.2, -0.15) is 5.10 Å². The molecule has 0 radical (unpaired) electrons. The average Bonchev–Trinajstić information content (AvgIpc) is 3.42. The Morgan fingerprint density at radius 3 is 2.81 bits per heavy atom. The fraction of sp³-hybridized carbons (Fsp3) is 0.364. The van der Waals surface area contributed by atoms with Crippen LogP contribution in [0.15, 0.2) is 24.3 Å². The zero-order valence-corrected chi connectivity index (χ0v) is 18.6. The van der Waals surface area contributed by atoms with E-state index in [-0.39, 0.29) is 17.7 Å². The van der Waals surface area contributed by atoms with E-state index in [2.05, 4.69) is 20.5 Å². The minimum atomic E-state index is -0.131. The Labute approximate surface area is 188 Å². The molecule has 2 aromatic heterocycles. The van der Waals surface area contributed by atoms with Crippen molar-refractivity contribution in [1.82, 2.24) is 20.1 Å². The number of rotatable bonds is 6. The van der Waals surface area contributed by atoms with Crippen molar-refractivity contribution in [2.75, 3.05) is 26.1 Å². The van der Waals surface area contributed by atoms with Crippen LogP contribution in [0.4, 0.5) is 5.13 Å². The predicted molar refractivity (Wildman–Crippen MR) is 119 cm³/mol. The Morgan fingerprint density at radius 2 is 2.06 bits per heavy atom. The first-order chi connectivity index (χ1) is 15.6. The number of hydrogen-bond donors (Lipinski definition) is 2. The van der Waals surface area contributed by atoms with Gasteiger partial charge in [0.2, 0.25) is 5.91 Å². The molecule has 0 atom stereocenters. The quantitative estimate of drug-likeness (QED) is 0.594. The van der Waals surface area contributed by atoms with E-state index in [1.807, 2.05) is 12.1 Å². The molecule has 166 valence electrons. The maximum Gasteiger partial charge on any atom is 0.272 e. The fourth-order valence-corrected chi connectivity index (χ4v) is 4.76. The Bertz CT molecular complexity index is 1180. The molecule has 1 aliphatic heterocycles. The number of aromatic amines is 1. The number of nitrogens with one attached hydrogen (secondary N) is 2. The predicted octanol–water partition coefficient (Wildman–Crippen LogP) is 3.10. The maximum atomic E-state index is 13.1. The summed E-state index contributed by atoms with van der Waals surface area (Å²) in [5.41, 5.74) is 2.70. The molecule has 32 heavy (non-hydrogen) atoms. The molecule has 1 aromatic carbocycles. The van der Waals surface area contributed by atoms with Crippen LogP contribution >= 0.6 is 11.3 Å². The summed E-state index contributed by atoms with van der Waals surface area (Å²) in [5.74, 6) is 1.36. The van der Waals surface area contributed by atoms with Crippen LogP contribution in [0.2, 0.25) is 0 Å². The minimum Gasteiger partial charge on any atom is -0.497 e. The number of amides is 2. The summed E-state index contributed by atoms with van der Waals surface area (Å²) < 4.78 is 10.7. The van der Waals surface area contributed by atoms with Gasteiger partial charge in [-0.25, -0.2) is 4.98 Å². The monoisotopic (exact) mass is 453 g/mol. The number of methoxy groups -OCH3 is 2. The SMILES string of the molecule is COc1ccc(OC)c(-c2cc(C(=O)N3CCc4nc(NC(=O)C5CC5)sc4C3)[nH]n2)c1. The van der Waals surface area contributed by atoms with Crippen molar-refractivity contribution in [3.63, 3.8) is 0 Å². The highest BCUT2D eigenvalue weighted by Crippen LogP contribution is 2.34. The van der Waals surface area contributed by atoms with E-state index in [1.54, 1.807) is 31.3 Å². The number of carbonyl (C=O) groups is 2. The number of carbonyl (C=O) groups excluding carboxylic acids is 2. The van der Waals surface area contributed by atoms with Crippen LogP contribution in [0.5, 0.6) is 11.5 Å². The Kier molecular flexibility index (Phi) is 5.30. The van der Waals surface area contributed by atoms with E-state index in [0.717, 1.165) is 29.0 Å². The number of fused-ring (bicyclic) bond motifs is 1. The van der Waals surface area contributed by atoms with Crippen molar-refractivity contribution in [2.45, 2.75) is 25.8 Å². The number of nitrogens with zero attached hydrogens (tertiary/aromatic N) is 3. The van der Waals surface area contributed by atoms with E-state index in [0.29, 0.717) is 47.5 Å². The van der Waals surface area contributed by atoms with Gasteiger partial charge < -0.3 is 19.7 Å². The second-order valence-corrected chi connectivity index (χ2v) is 8.95. The summed E-state index contributed by atoms with van der Waals surface area (Å²) in [6.07, 6.45) is 2.56. The van der Waals surface area contributed by atoms with Gasteiger partial charge in [0, 0.05) is 29.3 Å². The molecule has 0 spiro atoms. The Hall–Kier alpha value is -3.40. The first-order valence-electron chi connectivity index (χ1n) is 10.4. The summed E-state index contributed by atoms with van der Waals surface area (Å²) in [5, 5.41) is 10.7. The first-order valence-corrected chi connectivity index (χ1v) is 11.2. The number of ether oxygens (including phenoxy) is 2.